The summed E-state index contributed by atoms with van der Waals surface area (Å²) >= 11 is 1.50. The topological polar surface area (TPSA) is 45.2 Å². The van der Waals surface area contributed by atoms with Crippen molar-refractivity contribution in [2.45, 2.75) is 37.6 Å². The molecule has 1 fully saturated rings. The zero-order valence-electron chi connectivity index (χ0n) is 12.7. The van der Waals surface area contributed by atoms with Gasteiger partial charge in [0.05, 0.1) is 23.4 Å². The third-order valence-electron chi connectivity index (χ3n) is 4.98. The second-order valence-corrected chi connectivity index (χ2v) is 7.06. The van der Waals surface area contributed by atoms with Crippen molar-refractivity contribution in [1.82, 2.24) is 10.3 Å². The first-order valence-electron chi connectivity index (χ1n) is 7.91. The first-order chi connectivity index (χ1) is 11.2. The molecular formula is C17H18FN3OS. The highest BCUT2D eigenvalue weighted by Gasteiger charge is 2.47. The van der Waals surface area contributed by atoms with Crippen molar-refractivity contribution >= 4 is 23.1 Å². The molecule has 23 heavy (non-hydrogen) atoms. The molecule has 2 heterocycles. The molecule has 0 unspecified atom stereocenters. The van der Waals surface area contributed by atoms with Crippen LogP contribution < -0.4 is 10.2 Å². The Morgan fingerprint density at radius 2 is 2.22 bits per heavy atom. The minimum absolute atomic E-state index is 0.173. The Bertz CT molecular complexity index is 725. The number of rotatable bonds is 2. The lowest BCUT2D eigenvalue weighted by atomic mass is 9.80. The van der Waals surface area contributed by atoms with Gasteiger partial charge >= 0.3 is 6.03 Å². The average molecular weight is 331 g/mol. The van der Waals surface area contributed by atoms with E-state index in [0.29, 0.717) is 13.1 Å². The van der Waals surface area contributed by atoms with Gasteiger partial charge < -0.3 is 5.32 Å². The van der Waals surface area contributed by atoms with E-state index in [1.54, 1.807) is 16.5 Å². The number of carbonyl (C=O) groups is 1. The molecule has 0 saturated heterocycles. The summed E-state index contributed by atoms with van der Waals surface area (Å²) in [5.74, 6) is -0.181. The number of anilines is 1. The van der Waals surface area contributed by atoms with Crippen LogP contribution in [0.5, 0.6) is 0 Å². The number of aromatic nitrogens is 1. The standard InChI is InChI=1S/C17H18FN3OS/c18-13-4-3-5-14-15(13)17(6-1-2-7-17)10-21(14)16(22)19-8-12-9-23-11-20-12/h3-5,9,11H,1-2,6-8,10H2,(H,19,22). The first-order valence-corrected chi connectivity index (χ1v) is 8.85. The fourth-order valence-electron chi connectivity index (χ4n) is 3.96. The molecule has 0 radical (unpaired) electrons. The average Bonchev–Trinajstić information content (AvgIpc) is 3.28. The maximum absolute atomic E-state index is 14.5. The van der Waals surface area contributed by atoms with Crippen LogP contribution in [-0.2, 0) is 12.0 Å². The van der Waals surface area contributed by atoms with Gasteiger partial charge in [-0.3, -0.25) is 4.90 Å². The summed E-state index contributed by atoms with van der Waals surface area (Å²) in [4.78, 5) is 18.5. The number of thiazole rings is 1. The van der Waals surface area contributed by atoms with Crippen LogP contribution in [-0.4, -0.2) is 17.6 Å². The van der Waals surface area contributed by atoms with E-state index >= 15 is 0 Å². The Labute approximate surface area is 138 Å². The number of carbonyl (C=O) groups excluding carboxylic acids is 1. The van der Waals surface area contributed by atoms with Crippen LogP contribution in [0.25, 0.3) is 0 Å². The number of hydrogen-bond acceptors (Lipinski definition) is 3. The Balaban J connectivity index is 1.60. The highest BCUT2D eigenvalue weighted by atomic mass is 32.1. The molecule has 4 nitrogen and oxygen atoms in total. The maximum Gasteiger partial charge on any atom is 0.322 e. The van der Waals surface area contributed by atoms with Crippen molar-refractivity contribution in [2.24, 2.45) is 0 Å². The van der Waals surface area contributed by atoms with Crippen molar-refractivity contribution in [3.63, 3.8) is 0 Å². The van der Waals surface area contributed by atoms with Gasteiger partial charge in [-0.1, -0.05) is 18.9 Å². The molecule has 2 amide bonds. The minimum atomic E-state index is -0.196. The van der Waals surface area contributed by atoms with E-state index in [2.05, 4.69) is 10.3 Å². The molecule has 120 valence electrons. The van der Waals surface area contributed by atoms with Crippen molar-refractivity contribution < 1.29 is 9.18 Å². The minimum Gasteiger partial charge on any atom is -0.332 e. The van der Waals surface area contributed by atoms with Gasteiger partial charge in [0.25, 0.3) is 0 Å². The highest BCUT2D eigenvalue weighted by molar-refractivity contribution is 7.07. The van der Waals surface area contributed by atoms with Crippen molar-refractivity contribution in [3.8, 4) is 0 Å². The maximum atomic E-state index is 14.5. The molecule has 0 atom stereocenters. The summed E-state index contributed by atoms with van der Waals surface area (Å²) in [5, 5.41) is 4.82. The summed E-state index contributed by atoms with van der Waals surface area (Å²) in [5.41, 5.74) is 3.86. The molecule has 1 spiro atoms. The monoisotopic (exact) mass is 331 g/mol. The van der Waals surface area contributed by atoms with Crippen molar-refractivity contribution in [1.29, 1.82) is 0 Å². The number of halogens is 1. The molecule has 1 N–H and O–H groups in total. The fraction of sp³-hybridized carbons (Fsp3) is 0.412. The molecule has 4 rings (SSSR count). The van der Waals surface area contributed by atoms with E-state index in [9.17, 15) is 9.18 Å². The normalized spacial score (nSPS) is 18.4. The summed E-state index contributed by atoms with van der Waals surface area (Å²) in [6.45, 7) is 0.975. The number of fused-ring (bicyclic) bond motifs is 2. The molecule has 0 bridgehead atoms. The second-order valence-electron chi connectivity index (χ2n) is 6.35. The fourth-order valence-corrected chi connectivity index (χ4v) is 4.52. The van der Waals surface area contributed by atoms with Gasteiger partial charge in [0.1, 0.15) is 5.82 Å². The van der Waals surface area contributed by atoms with Crippen LogP contribution in [0.1, 0.15) is 36.9 Å². The summed E-state index contributed by atoms with van der Waals surface area (Å²) in [6, 6.07) is 4.88. The molecule has 6 heteroatoms. The third-order valence-corrected chi connectivity index (χ3v) is 5.62. The summed E-state index contributed by atoms with van der Waals surface area (Å²) < 4.78 is 14.5. The van der Waals surface area contributed by atoms with Gasteiger partial charge in [-0.15, -0.1) is 11.3 Å². The predicted octanol–water partition coefficient (Wildman–Crippen LogP) is 3.82. The Hall–Kier alpha value is -1.95. The summed E-state index contributed by atoms with van der Waals surface area (Å²) in [7, 11) is 0. The van der Waals surface area contributed by atoms with Crippen LogP contribution in [0.15, 0.2) is 29.1 Å². The Morgan fingerprint density at radius 1 is 1.39 bits per heavy atom. The molecule has 2 aromatic rings. The molecule has 2 aliphatic rings. The molecular weight excluding hydrogens is 313 g/mol. The second kappa shape index (κ2) is 5.60. The molecule has 1 aliphatic heterocycles. The largest absolute Gasteiger partial charge is 0.332 e. The number of nitrogens with one attached hydrogen (secondary N) is 1. The van der Waals surface area contributed by atoms with E-state index in [4.69, 9.17) is 0 Å². The number of hydrogen-bond donors (Lipinski definition) is 1. The molecule has 1 aromatic heterocycles. The lowest BCUT2D eigenvalue weighted by Gasteiger charge is -2.24. The van der Waals surface area contributed by atoms with Gasteiger partial charge in [-0.2, -0.15) is 0 Å². The van der Waals surface area contributed by atoms with Gasteiger partial charge in [0.15, 0.2) is 0 Å². The highest BCUT2D eigenvalue weighted by Crippen LogP contribution is 2.51. The van der Waals surface area contributed by atoms with Gasteiger partial charge in [0.2, 0.25) is 0 Å². The number of amides is 2. The molecule has 1 aliphatic carbocycles. The summed E-state index contributed by atoms with van der Waals surface area (Å²) in [6.07, 6.45) is 4.11. The van der Waals surface area contributed by atoms with Crippen LogP contribution in [0.4, 0.5) is 14.9 Å². The number of nitrogens with zero attached hydrogens (tertiary/aromatic N) is 2. The Kier molecular flexibility index (Phi) is 3.56. The molecule has 1 saturated carbocycles. The van der Waals surface area contributed by atoms with Crippen molar-refractivity contribution in [2.75, 3.05) is 11.4 Å². The van der Waals surface area contributed by atoms with Crippen molar-refractivity contribution in [3.05, 3.63) is 46.2 Å². The van der Waals surface area contributed by atoms with Gasteiger partial charge in [0, 0.05) is 22.9 Å². The van der Waals surface area contributed by atoms with E-state index in [0.717, 1.165) is 42.6 Å². The van der Waals surface area contributed by atoms with E-state index in [1.807, 2.05) is 11.4 Å². The Morgan fingerprint density at radius 3 is 2.96 bits per heavy atom. The van der Waals surface area contributed by atoms with Gasteiger partial charge in [-0.05, 0) is 25.0 Å². The third kappa shape index (κ3) is 2.41. The van der Waals surface area contributed by atoms with Crippen LogP contribution >= 0.6 is 11.3 Å². The van der Waals surface area contributed by atoms with E-state index in [1.165, 1.54) is 17.4 Å². The van der Waals surface area contributed by atoms with Crippen LogP contribution in [0.3, 0.4) is 0 Å². The zero-order chi connectivity index (χ0) is 15.9. The predicted molar refractivity (Wildman–Crippen MR) is 88.2 cm³/mol. The quantitative estimate of drug-likeness (QED) is 0.909. The smallest absolute Gasteiger partial charge is 0.322 e. The lowest BCUT2D eigenvalue weighted by Crippen LogP contribution is -2.41. The lowest BCUT2D eigenvalue weighted by molar-refractivity contribution is 0.245. The van der Waals surface area contributed by atoms with E-state index < -0.39 is 0 Å². The first kappa shape index (κ1) is 14.6. The van der Waals surface area contributed by atoms with E-state index in [-0.39, 0.29) is 17.3 Å². The molecule has 1 aromatic carbocycles. The SMILES string of the molecule is O=C(NCc1cscn1)N1CC2(CCCC2)c2c(F)cccc21. The zero-order valence-corrected chi connectivity index (χ0v) is 13.5. The number of benzene rings is 1. The van der Waals surface area contributed by atoms with Gasteiger partial charge in [-0.25, -0.2) is 14.2 Å². The van der Waals surface area contributed by atoms with Crippen LogP contribution in [0.2, 0.25) is 0 Å². The van der Waals surface area contributed by atoms with Crippen LogP contribution in [0, 0.1) is 5.82 Å². The number of urea groups is 1.